The Bertz CT molecular complexity index is 1180. The van der Waals surface area contributed by atoms with Crippen LogP contribution in [0.2, 0.25) is 0 Å². The maximum Gasteiger partial charge on any atom is 0.289 e. The fraction of sp³-hybridized carbons (Fsp3) is 0.292. The fourth-order valence-electron chi connectivity index (χ4n) is 3.93. The summed E-state index contributed by atoms with van der Waals surface area (Å²) in [7, 11) is 0. The van der Waals surface area contributed by atoms with Crippen molar-refractivity contribution in [3.05, 3.63) is 82.3 Å². The van der Waals surface area contributed by atoms with Crippen LogP contribution in [-0.4, -0.2) is 32.7 Å². The smallest absolute Gasteiger partial charge is 0.289 e. The Kier molecular flexibility index (Phi) is 7.09. The van der Waals surface area contributed by atoms with E-state index >= 15 is 0 Å². The van der Waals surface area contributed by atoms with Gasteiger partial charge in [-0.3, -0.25) is 9.59 Å². The maximum absolute atomic E-state index is 12.6. The lowest BCUT2D eigenvalue weighted by Gasteiger charge is -2.24. The molecule has 1 aliphatic rings. The number of anilines is 1. The molecule has 3 aromatic rings. The van der Waals surface area contributed by atoms with E-state index in [1.54, 1.807) is 18.3 Å². The third-order valence-corrected chi connectivity index (χ3v) is 5.56. The van der Waals surface area contributed by atoms with Crippen molar-refractivity contribution in [1.82, 2.24) is 20.3 Å². The van der Waals surface area contributed by atoms with E-state index < -0.39 is 0 Å². The van der Waals surface area contributed by atoms with Crippen LogP contribution in [0.4, 0.5) is 11.4 Å². The topological polar surface area (TPSA) is 138 Å². The molecular formula is C24H27N7O2. The number of nitrogens with two attached hydrogens (primary N) is 1. The number of aromatic nitrogens is 3. The number of rotatable bonds is 7. The summed E-state index contributed by atoms with van der Waals surface area (Å²) in [5.74, 6) is -0.121. The maximum atomic E-state index is 12.6. The van der Waals surface area contributed by atoms with Crippen LogP contribution in [0.15, 0.2) is 64.8 Å². The van der Waals surface area contributed by atoms with Crippen molar-refractivity contribution in [1.29, 1.82) is 0 Å². The van der Waals surface area contributed by atoms with Gasteiger partial charge in [0.1, 0.15) is 11.4 Å². The molecule has 0 aliphatic heterocycles. The van der Waals surface area contributed by atoms with E-state index in [0.717, 1.165) is 18.4 Å². The number of pyridine rings is 1. The molecule has 5 N–H and O–H groups in total. The molecule has 0 unspecified atom stereocenters. The number of amidine groups is 1. The molecule has 0 saturated heterocycles. The SMILES string of the molecule is NC(=Nc1cccc(CNC(=O)c2ncccn2)c1)c1c(NC2CCCCC2)cc[nH]c1=O. The number of amides is 1. The lowest BCUT2D eigenvalue weighted by molar-refractivity contribution is 0.0940. The molecule has 0 bridgehead atoms. The number of aromatic amines is 1. The van der Waals surface area contributed by atoms with Crippen molar-refractivity contribution in [2.45, 2.75) is 44.7 Å². The summed E-state index contributed by atoms with van der Waals surface area (Å²) in [4.78, 5) is 39.8. The van der Waals surface area contributed by atoms with Gasteiger partial charge < -0.3 is 21.4 Å². The van der Waals surface area contributed by atoms with E-state index in [2.05, 4.69) is 30.6 Å². The van der Waals surface area contributed by atoms with Crippen molar-refractivity contribution in [3.8, 4) is 0 Å². The first kappa shape index (κ1) is 22.2. The predicted molar refractivity (Wildman–Crippen MR) is 128 cm³/mol. The quantitative estimate of drug-likeness (QED) is 0.326. The second-order valence-corrected chi connectivity index (χ2v) is 8.00. The second-order valence-electron chi connectivity index (χ2n) is 8.00. The summed E-state index contributed by atoms with van der Waals surface area (Å²) in [6.45, 7) is 0.279. The number of hydrogen-bond donors (Lipinski definition) is 4. The zero-order valence-corrected chi connectivity index (χ0v) is 18.3. The van der Waals surface area contributed by atoms with Gasteiger partial charge in [-0.05, 0) is 42.7 Å². The van der Waals surface area contributed by atoms with Gasteiger partial charge in [0.25, 0.3) is 11.5 Å². The number of H-pyrrole nitrogens is 1. The van der Waals surface area contributed by atoms with E-state index in [4.69, 9.17) is 5.73 Å². The van der Waals surface area contributed by atoms with Crippen molar-refractivity contribution >= 4 is 23.1 Å². The van der Waals surface area contributed by atoms with E-state index in [-0.39, 0.29) is 29.7 Å². The number of nitrogens with zero attached hydrogens (tertiary/aromatic N) is 3. The third kappa shape index (κ3) is 5.82. The van der Waals surface area contributed by atoms with E-state index in [0.29, 0.717) is 23.0 Å². The number of carbonyl (C=O) groups is 1. The predicted octanol–water partition coefficient (Wildman–Crippen LogP) is 2.88. The minimum Gasteiger partial charge on any atom is -0.383 e. The molecule has 9 nitrogen and oxygen atoms in total. The van der Waals surface area contributed by atoms with Crippen LogP contribution in [0.25, 0.3) is 0 Å². The number of benzene rings is 1. The average Bonchev–Trinajstić information content (AvgIpc) is 2.84. The first-order valence-corrected chi connectivity index (χ1v) is 11.1. The van der Waals surface area contributed by atoms with Gasteiger partial charge in [-0.15, -0.1) is 0 Å². The lowest BCUT2D eigenvalue weighted by Crippen LogP contribution is -2.29. The van der Waals surface area contributed by atoms with Crippen molar-refractivity contribution < 1.29 is 4.79 Å². The van der Waals surface area contributed by atoms with Gasteiger partial charge in [-0.1, -0.05) is 31.4 Å². The number of nitrogens with one attached hydrogen (secondary N) is 3. The normalized spacial score (nSPS) is 14.6. The Morgan fingerprint density at radius 3 is 2.70 bits per heavy atom. The van der Waals surface area contributed by atoms with E-state index in [9.17, 15) is 9.59 Å². The average molecular weight is 446 g/mol. The van der Waals surface area contributed by atoms with Crippen LogP contribution in [0, 0.1) is 0 Å². The van der Waals surface area contributed by atoms with Crippen LogP contribution < -0.4 is 21.9 Å². The third-order valence-electron chi connectivity index (χ3n) is 5.56. The monoisotopic (exact) mass is 445 g/mol. The Hall–Kier alpha value is -4.01. The van der Waals surface area contributed by atoms with Crippen LogP contribution in [0.1, 0.15) is 53.8 Å². The highest BCUT2D eigenvalue weighted by molar-refractivity contribution is 6.03. The minimum absolute atomic E-state index is 0.109. The zero-order chi connectivity index (χ0) is 23.0. The summed E-state index contributed by atoms with van der Waals surface area (Å²) < 4.78 is 0. The Balaban J connectivity index is 1.50. The highest BCUT2D eigenvalue weighted by Gasteiger charge is 2.17. The van der Waals surface area contributed by atoms with Gasteiger partial charge in [0, 0.05) is 31.2 Å². The van der Waals surface area contributed by atoms with E-state index in [1.807, 2.05) is 24.3 Å². The van der Waals surface area contributed by atoms with Gasteiger partial charge in [-0.2, -0.15) is 0 Å². The molecule has 0 spiro atoms. The molecule has 0 atom stereocenters. The van der Waals surface area contributed by atoms with Crippen LogP contribution >= 0.6 is 0 Å². The molecule has 2 aromatic heterocycles. The highest BCUT2D eigenvalue weighted by Crippen LogP contribution is 2.23. The molecule has 1 saturated carbocycles. The second kappa shape index (κ2) is 10.5. The van der Waals surface area contributed by atoms with Gasteiger partial charge in [0.2, 0.25) is 5.82 Å². The zero-order valence-electron chi connectivity index (χ0n) is 18.3. The number of aliphatic imine (C=N–C) groups is 1. The summed E-state index contributed by atoms with van der Waals surface area (Å²) >= 11 is 0. The summed E-state index contributed by atoms with van der Waals surface area (Å²) in [5.41, 5.74) is 8.44. The highest BCUT2D eigenvalue weighted by atomic mass is 16.2. The molecule has 1 aliphatic carbocycles. The first-order chi connectivity index (χ1) is 16.1. The largest absolute Gasteiger partial charge is 0.383 e. The first-order valence-electron chi connectivity index (χ1n) is 11.1. The van der Waals surface area contributed by atoms with Crippen molar-refractivity contribution in [3.63, 3.8) is 0 Å². The molecule has 4 rings (SSSR count). The minimum atomic E-state index is -0.363. The van der Waals surface area contributed by atoms with Gasteiger partial charge in [0.15, 0.2) is 0 Å². The van der Waals surface area contributed by atoms with Crippen LogP contribution in [0.5, 0.6) is 0 Å². The molecule has 170 valence electrons. The molecule has 1 amide bonds. The molecule has 9 heteroatoms. The van der Waals surface area contributed by atoms with E-state index in [1.165, 1.54) is 31.7 Å². The van der Waals surface area contributed by atoms with Gasteiger partial charge in [0.05, 0.1) is 11.4 Å². The fourth-order valence-corrected chi connectivity index (χ4v) is 3.93. The Labute approximate surface area is 191 Å². The summed E-state index contributed by atoms with van der Waals surface area (Å²) in [5, 5.41) is 6.26. The molecule has 2 heterocycles. The lowest BCUT2D eigenvalue weighted by atomic mass is 9.95. The molecular weight excluding hydrogens is 418 g/mol. The molecule has 33 heavy (non-hydrogen) atoms. The van der Waals surface area contributed by atoms with Gasteiger partial charge >= 0.3 is 0 Å². The van der Waals surface area contributed by atoms with Crippen molar-refractivity contribution in [2.75, 3.05) is 5.32 Å². The van der Waals surface area contributed by atoms with Crippen molar-refractivity contribution in [2.24, 2.45) is 10.7 Å². The standard InChI is InChI=1S/C24H27N7O2/c25-21(20-19(10-13-28-23(20)32)30-17-7-2-1-3-8-17)31-18-9-4-6-16(14-18)15-29-24(33)22-26-11-5-12-27-22/h4-6,9-14,17H,1-3,7-8,15H2,(H2,25,31)(H,29,33)(H2,28,30,32). The van der Waals surface area contributed by atoms with Crippen LogP contribution in [0.3, 0.4) is 0 Å². The summed E-state index contributed by atoms with van der Waals surface area (Å²) in [6, 6.07) is 11.1. The molecule has 1 fully saturated rings. The summed E-state index contributed by atoms with van der Waals surface area (Å²) in [6.07, 6.45) is 10.4. The number of carbonyl (C=O) groups excluding carboxylic acids is 1. The van der Waals surface area contributed by atoms with Gasteiger partial charge in [-0.25, -0.2) is 15.0 Å². The number of hydrogen-bond acceptors (Lipinski definition) is 6. The molecule has 1 aromatic carbocycles. The van der Waals surface area contributed by atoms with Crippen LogP contribution in [-0.2, 0) is 6.54 Å². The Morgan fingerprint density at radius 1 is 1.12 bits per heavy atom. The molecule has 0 radical (unpaired) electrons. The Morgan fingerprint density at radius 2 is 1.91 bits per heavy atom.